The summed E-state index contributed by atoms with van der Waals surface area (Å²) in [5.74, 6) is 0. The number of nitrogens with zero attached hydrogens (tertiary/aromatic N) is 4. The van der Waals surface area contributed by atoms with Crippen molar-refractivity contribution in [3.05, 3.63) is 255 Å². The van der Waals surface area contributed by atoms with Crippen molar-refractivity contribution in [1.82, 2.24) is 18.3 Å². The molecule has 0 radical (unpaired) electrons. The summed E-state index contributed by atoms with van der Waals surface area (Å²) < 4.78 is 9.67. The van der Waals surface area contributed by atoms with Crippen LogP contribution in [0.1, 0.15) is 0 Å². The molecule has 0 amide bonds. The molecule has 11 aromatic carbocycles. The van der Waals surface area contributed by atoms with Gasteiger partial charge in [0.2, 0.25) is 0 Å². The Hall–Kier alpha value is -9.38. The maximum absolute atomic E-state index is 2.45. The predicted molar refractivity (Wildman–Crippen MR) is 295 cm³/mol. The summed E-state index contributed by atoms with van der Waals surface area (Å²) in [6, 6.07) is 93.4. The van der Waals surface area contributed by atoms with Crippen molar-refractivity contribution in [3.63, 3.8) is 0 Å². The van der Waals surface area contributed by atoms with Crippen LogP contribution < -0.4 is 0 Å². The molecule has 0 N–H and O–H groups in total. The Labute approximate surface area is 403 Å². The number of aromatic nitrogens is 4. The first-order chi connectivity index (χ1) is 34.8. The van der Waals surface area contributed by atoms with Gasteiger partial charge in [0.25, 0.3) is 0 Å². The van der Waals surface area contributed by atoms with Crippen molar-refractivity contribution in [1.29, 1.82) is 0 Å². The van der Waals surface area contributed by atoms with E-state index < -0.39 is 0 Å². The monoisotopic (exact) mass is 890 g/mol. The summed E-state index contributed by atoms with van der Waals surface area (Å²) in [7, 11) is 0. The van der Waals surface area contributed by atoms with Crippen molar-refractivity contribution < 1.29 is 0 Å². The summed E-state index contributed by atoms with van der Waals surface area (Å²) >= 11 is 0. The van der Waals surface area contributed by atoms with Crippen molar-refractivity contribution in [3.8, 4) is 45.0 Å². The van der Waals surface area contributed by atoms with Crippen LogP contribution in [0.15, 0.2) is 255 Å². The van der Waals surface area contributed by atoms with Gasteiger partial charge in [0.1, 0.15) is 0 Å². The molecule has 0 fully saturated rings. The molecule has 4 aromatic heterocycles. The Morgan fingerprint density at radius 2 is 0.457 bits per heavy atom. The zero-order valence-electron chi connectivity index (χ0n) is 38.0. The highest BCUT2D eigenvalue weighted by atomic mass is 15.0. The molecule has 15 aromatic rings. The van der Waals surface area contributed by atoms with Crippen LogP contribution in [0.25, 0.3) is 132 Å². The van der Waals surface area contributed by atoms with Crippen molar-refractivity contribution in [2.45, 2.75) is 0 Å². The molecule has 0 spiro atoms. The minimum Gasteiger partial charge on any atom is -0.309 e. The maximum Gasteiger partial charge on any atom is 0.0547 e. The molecule has 0 aliphatic rings. The molecule has 326 valence electrons. The molecule has 4 nitrogen and oxygen atoms in total. The lowest BCUT2D eigenvalue weighted by Crippen LogP contribution is -1.98. The minimum atomic E-state index is 1.13. The van der Waals surface area contributed by atoms with Crippen LogP contribution >= 0.6 is 0 Å². The van der Waals surface area contributed by atoms with Crippen LogP contribution in [0.3, 0.4) is 0 Å². The van der Waals surface area contributed by atoms with E-state index in [0.29, 0.717) is 0 Å². The highest BCUT2D eigenvalue weighted by molar-refractivity contribution is 6.22. The number of fused-ring (bicyclic) bond motifs is 12. The summed E-state index contributed by atoms with van der Waals surface area (Å²) in [5.41, 5.74) is 18.9. The smallest absolute Gasteiger partial charge is 0.0547 e. The Bertz CT molecular complexity index is 4470. The predicted octanol–water partition coefficient (Wildman–Crippen LogP) is 17.4. The van der Waals surface area contributed by atoms with E-state index in [2.05, 4.69) is 273 Å². The zero-order valence-corrected chi connectivity index (χ0v) is 38.0. The second-order valence-corrected chi connectivity index (χ2v) is 18.5. The zero-order chi connectivity index (χ0) is 45.9. The molecule has 0 unspecified atom stereocenters. The Morgan fingerprint density at radius 3 is 0.843 bits per heavy atom. The van der Waals surface area contributed by atoms with Gasteiger partial charge in [0.15, 0.2) is 0 Å². The van der Waals surface area contributed by atoms with Crippen molar-refractivity contribution in [2.24, 2.45) is 0 Å². The molecule has 0 atom stereocenters. The first kappa shape index (κ1) is 38.7. The molecular formula is C66H42N4. The molecular weight excluding hydrogens is 849 g/mol. The summed E-state index contributed by atoms with van der Waals surface area (Å²) in [5, 5.41) is 10.0. The van der Waals surface area contributed by atoms with Crippen LogP contribution in [0, 0.1) is 0 Å². The summed E-state index contributed by atoms with van der Waals surface area (Å²) in [6.07, 6.45) is 0. The molecule has 0 aliphatic heterocycles. The third kappa shape index (κ3) is 5.59. The fraction of sp³-hybridized carbons (Fsp3) is 0. The average molecular weight is 891 g/mol. The lowest BCUT2D eigenvalue weighted by Gasteiger charge is -2.13. The van der Waals surface area contributed by atoms with E-state index in [4.69, 9.17) is 0 Å². The highest BCUT2D eigenvalue weighted by Crippen LogP contribution is 2.45. The van der Waals surface area contributed by atoms with Gasteiger partial charge in [-0.2, -0.15) is 0 Å². The van der Waals surface area contributed by atoms with Crippen LogP contribution in [0.4, 0.5) is 0 Å². The molecule has 70 heavy (non-hydrogen) atoms. The SMILES string of the molecule is c1cc(-n2c3ccccc3c3ccccc32)cc(-n2c3ccccc3c3c(-c4cccc5c4c4ccccc4n5-c4ccc(-c5ccc(-n6c7ccccc7c7ccccc76)cc5)cc4)cccc32)c1. The third-order valence-corrected chi connectivity index (χ3v) is 14.8. The minimum absolute atomic E-state index is 1.13. The largest absolute Gasteiger partial charge is 0.309 e. The molecule has 0 aliphatic carbocycles. The lowest BCUT2D eigenvalue weighted by atomic mass is 9.95. The number of para-hydroxylation sites is 6. The van der Waals surface area contributed by atoms with Gasteiger partial charge >= 0.3 is 0 Å². The van der Waals surface area contributed by atoms with E-state index in [9.17, 15) is 0 Å². The molecule has 0 bridgehead atoms. The van der Waals surface area contributed by atoms with E-state index in [0.717, 1.165) is 22.7 Å². The van der Waals surface area contributed by atoms with E-state index in [1.54, 1.807) is 0 Å². The molecule has 15 rings (SSSR count). The van der Waals surface area contributed by atoms with Crippen LogP contribution in [-0.2, 0) is 0 Å². The van der Waals surface area contributed by atoms with Gasteiger partial charge in [-0.15, -0.1) is 0 Å². The quantitative estimate of drug-likeness (QED) is 0.158. The van der Waals surface area contributed by atoms with Gasteiger partial charge in [-0.05, 0) is 113 Å². The lowest BCUT2D eigenvalue weighted by molar-refractivity contribution is 1.13. The average Bonchev–Trinajstić information content (AvgIpc) is 4.16. The van der Waals surface area contributed by atoms with Crippen molar-refractivity contribution >= 4 is 87.2 Å². The van der Waals surface area contributed by atoms with Gasteiger partial charge in [0, 0.05) is 65.8 Å². The van der Waals surface area contributed by atoms with Gasteiger partial charge in [0.05, 0.1) is 44.1 Å². The van der Waals surface area contributed by atoms with E-state index in [-0.39, 0.29) is 0 Å². The summed E-state index contributed by atoms with van der Waals surface area (Å²) in [4.78, 5) is 0. The Kier molecular flexibility index (Phi) is 8.33. The van der Waals surface area contributed by atoms with Crippen LogP contribution in [0.2, 0.25) is 0 Å². The molecule has 0 saturated heterocycles. The standard InChI is InChI=1S/C66H42N4/c1-7-26-57-49(18-1)50-19-2-8-27-58(50)67(57)45-38-34-43(35-39-45)44-36-40-46(41-37-44)68-61-30-11-5-22-55(61)65-53(24-14-32-63(65)68)54-25-15-33-64-66(54)56-23-6-12-31-62(56)70(64)48-17-13-16-47(42-48)69-59-28-9-3-20-51(59)52-21-4-10-29-60(52)69/h1-42H. The number of benzene rings is 11. The van der Waals surface area contributed by atoms with Gasteiger partial charge in [-0.1, -0.05) is 164 Å². The number of hydrogen-bond acceptors (Lipinski definition) is 0. The highest BCUT2D eigenvalue weighted by Gasteiger charge is 2.22. The molecule has 4 heterocycles. The number of rotatable bonds is 6. The second kappa shape index (κ2) is 15.1. The molecule has 0 saturated carbocycles. The van der Waals surface area contributed by atoms with E-state index in [1.807, 2.05) is 0 Å². The first-order valence-electron chi connectivity index (χ1n) is 24.1. The fourth-order valence-corrected chi connectivity index (χ4v) is 11.8. The van der Waals surface area contributed by atoms with Gasteiger partial charge in [-0.3, -0.25) is 0 Å². The Balaban J connectivity index is 0.849. The van der Waals surface area contributed by atoms with E-state index >= 15 is 0 Å². The van der Waals surface area contributed by atoms with Gasteiger partial charge in [-0.25, -0.2) is 0 Å². The van der Waals surface area contributed by atoms with Crippen molar-refractivity contribution in [2.75, 3.05) is 0 Å². The van der Waals surface area contributed by atoms with Crippen LogP contribution in [-0.4, -0.2) is 18.3 Å². The topological polar surface area (TPSA) is 19.7 Å². The molecule has 4 heteroatoms. The first-order valence-corrected chi connectivity index (χ1v) is 24.1. The Morgan fingerprint density at radius 1 is 0.186 bits per heavy atom. The summed E-state index contributed by atoms with van der Waals surface area (Å²) in [6.45, 7) is 0. The normalized spacial score (nSPS) is 12.0. The fourth-order valence-electron chi connectivity index (χ4n) is 11.8. The number of hydrogen-bond donors (Lipinski definition) is 0. The maximum atomic E-state index is 2.45. The van der Waals surface area contributed by atoms with Crippen LogP contribution in [0.5, 0.6) is 0 Å². The second-order valence-electron chi connectivity index (χ2n) is 18.5. The van der Waals surface area contributed by atoms with E-state index in [1.165, 1.54) is 109 Å². The van der Waals surface area contributed by atoms with Gasteiger partial charge < -0.3 is 18.3 Å². The third-order valence-electron chi connectivity index (χ3n) is 14.8.